The van der Waals surface area contributed by atoms with Crippen LogP contribution >= 0.6 is 0 Å². The van der Waals surface area contributed by atoms with Crippen molar-refractivity contribution in [2.24, 2.45) is 5.92 Å². The van der Waals surface area contributed by atoms with E-state index in [9.17, 15) is 14.4 Å². The zero-order chi connectivity index (χ0) is 25.5. The second-order valence-electron chi connectivity index (χ2n) is 8.89. The van der Waals surface area contributed by atoms with Crippen molar-refractivity contribution in [1.29, 1.82) is 0 Å². The van der Waals surface area contributed by atoms with Gasteiger partial charge in [0.15, 0.2) is 6.61 Å². The van der Waals surface area contributed by atoms with Crippen LogP contribution in [0.25, 0.3) is 0 Å². The summed E-state index contributed by atoms with van der Waals surface area (Å²) in [7, 11) is 0. The minimum atomic E-state index is -0.396. The van der Waals surface area contributed by atoms with E-state index in [1.807, 2.05) is 62.4 Å². The fraction of sp³-hybridized carbons (Fsp3) is 0.276. The standard InChI is InChI=1S/C29H31N3O4/c1-3-21-9-6-7-11-26(21)31-27(33)19-36-25-14-12-24(13-15-25)32-18-23(16-28(32)34)29(35)30-17-22-10-5-4-8-20(22)2/h4-15,23H,3,16-19H2,1-2H3,(H,30,35)(H,31,33)/t23-/m0/s1. The van der Waals surface area contributed by atoms with Crippen LogP contribution in [0.4, 0.5) is 11.4 Å². The zero-order valence-electron chi connectivity index (χ0n) is 20.6. The Morgan fingerprint density at radius 1 is 0.972 bits per heavy atom. The second-order valence-corrected chi connectivity index (χ2v) is 8.89. The minimum Gasteiger partial charge on any atom is -0.484 e. The number of ether oxygens (including phenoxy) is 1. The molecular formula is C29H31N3O4. The molecule has 3 aromatic carbocycles. The highest BCUT2D eigenvalue weighted by atomic mass is 16.5. The molecule has 1 heterocycles. The summed E-state index contributed by atoms with van der Waals surface area (Å²) in [6.45, 7) is 4.70. The molecule has 36 heavy (non-hydrogen) atoms. The van der Waals surface area contributed by atoms with Crippen LogP contribution in [-0.2, 0) is 27.3 Å². The first-order chi connectivity index (χ1) is 17.4. The normalized spacial score (nSPS) is 15.0. The molecule has 7 nitrogen and oxygen atoms in total. The maximum atomic E-state index is 12.7. The number of amides is 3. The van der Waals surface area contributed by atoms with Gasteiger partial charge in [-0.05, 0) is 60.4 Å². The van der Waals surface area contributed by atoms with E-state index in [-0.39, 0.29) is 30.7 Å². The van der Waals surface area contributed by atoms with Gasteiger partial charge in [0.2, 0.25) is 11.8 Å². The maximum absolute atomic E-state index is 12.7. The molecule has 0 radical (unpaired) electrons. The second kappa shape index (κ2) is 11.5. The van der Waals surface area contributed by atoms with E-state index in [4.69, 9.17) is 4.74 Å². The lowest BCUT2D eigenvalue weighted by atomic mass is 10.1. The van der Waals surface area contributed by atoms with E-state index >= 15 is 0 Å². The van der Waals surface area contributed by atoms with Gasteiger partial charge < -0.3 is 20.3 Å². The summed E-state index contributed by atoms with van der Waals surface area (Å²) in [4.78, 5) is 39.2. The Labute approximate surface area is 211 Å². The number of para-hydroxylation sites is 1. The Kier molecular flexibility index (Phi) is 8.00. The van der Waals surface area contributed by atoms with Gasteiger partial charge in [-0.2, -0.15) is 0 Å². The van der Waals surface area contributed by atoms with Gasteiger partial charge in [-0.3, -0.25) is 14.4 Å². The van der Waals surface area contributed by atoms with Gasteiger partial charge in [0.1, 0.15) is 5.75 Å². The van der Waals surface area contributed by atoms with Crippen LogP contribution < -0.4 is 20.3 Å². The molecule has 3 amide bonds. The molecule has 1 atom stereocenters. The van der Waals surface area contributed by atoms with Gasteiger partial charge in [0.05, 0.1) is 5.92 Å². The minimum absolute atomic E-state index is 0.0892. The van der Waals surface area contributed by atoms with Crippen molar-refractivity contribution in [2.75, 3.05) is 23.4 Å². The van der Waals surface area contributed by atoms with Gasteiger partial charge in [0, 0.05) is 30.9 Å². The van der Waals surface area contributed by atoms with Crippen LogP contribution in [0.3, 0.4) is 0 Å². The Hall–Kier alpha value is -4.13. The van der Waals surface area contributed by atoms with Crippen LogP contribution in [0.5, 0.6) is 5.75 Å². The molecule has 0 spiro atoms. The van der Waals surface area contributed by atoms with Gasteiger partial charge >= 0.3 is 0 Å². The molecule has 186 valence electrons. The molecule has 0 unspecified atom stereocenters. The fourth-order valence-electron chi connectivity index (χ4n) is 4.28. The zero-order valence-corrected chi connectivity index (χ0v) is 20.6. The van der Waals surface area contributed by atoms with Gasteiger partial charge in [-0.25, -0.2) is 0 Å². The van der Waals surface area contributed by atoms with Crippen LogP contribution in [0.1, 0.15) is 30.0 Å². The third-order valence-corrected chi connectivity index (χ3v) is 6.40. The Morgan fingerprint density at radius 2 is 1.67 bits per heavy atom. The van der Waals surface area contributed by atoms with Crippen LogP contribution in [-0.4, -0.2) is 30.9 Å². The predicted molar refractivity (Wildman–Crippen MR) is 140 cm³/mol. The van der Waals surface area contributed by atoms with E-state index in [2.05, 4.69) is 10.6 Å². The average Bonchev–Trinajstić information content (AvgIpc) is 3.29. The molecule has 1 fully saturated rings. The van der Waals surface area contributed by atoms with E-state index in [1.54, 1.807) is 29.2 Å². The van der Waals surface area contributed by atoms with Gasteiger partial charge in [0.25, 0.3) is 5.91 Å². The summed E-state index contributed by atoms with van der Waals surface area (Å²) in [5.74, 6) is -0.323. The Morgan fingerprint density at radius 3 is 2.39 bits per heavy atom. The first-order valence-electron chi connectivity index (χ1n) is 12.2. The van der Waals surface area contributed by atoms with Crippen LogP contribution in [0.15, 0.2) is 72.8 Å². The quantitative estimate of drug-likeness (QED) is 0.475. The van der Waals surface area contributed by atoms with Gasteiger partial charge in [-0.1, -0.05) is 49.4 Å². The summed E-state index contributed by atoms with van der Waals surface area (Å²) in [6.07, 6.45) is 1.00. The van der Waals surface area contributed by atoms with E-state index < -0.39 is 5.92 Å². The molecule has 4 rings (SSSR count). The lowest BCUT2D eigenvalue weighted by Gasteiger charge is -2.17. The molecule has 1 saturated heterocycles. The highest BCUT2D eigenvalue weighted by Crippen LogP contribution is 2.27. The Balaban J connectivity index is 1.28. The van der Waals surface area contributed by atoms with E-state index in [1.165, 1.54) is 0 Å². The SMILES string of the molecule is CCc1ccccc1NC(=O)COc1ccc(N2C[C@@H](C(=O)NCc3ccccc3C)CC2=O)cc1. The summed E-state index contributed by atoms with van der Waals surface area (Å²) >= 11 is 0. The van der Waals surface area contributed by atoms with Crippen molar-refractivity contribution < 1.29 is 19.1 Å². The number of carbonyl (C=O) groups is 3. The third-order valence-electron chi connectivity index (χ3n) is 6.40. The summed E-state index contributed by atoms with van der Waals surface area (Å²) in [5.41, 5.74) is 4.72. The van der Waals surface area contributed by atoms with Crippen molar-refractivity contribution in [1.82, 2.24) is 5.32 Å². The number of hydrogen-bond donors (Lipinski definition) is 2. The highest BCUT2D eigenvalue weighted by molar-refractivity contribution is 6.00. The highest BCUT2D eigenvalue weighted by Gasteiger charge is 2.35. The van der Waals surface area contributed by atoms with Crippen molar-refractivity contribution >= 4 is 29.1 Å². The number of aryl methyl sites for hydroxylation is 2. The maximum Gasteiger partial charge on any atom is 0.262 e. The van der Waals surface area contributed by atoms with E-state index in [0.717, 1.165) is 28.8 Å². The van der Waals surface area contributed by atoms with Crippen LogP contribution in [0.2, 0.25) is 0 Å². The topological polar surface area (TPSA) is 87.7 Å². The molecule has 0 aromatic heterocycles. The fourth-order valence-corrected chi connectivity index (χ4v) is 4.28. The largest absolute Gasteiger partial charge is 0.484 e. The summed E-state index contributed by atoms with van der Waals surface area (Å²) in [5, 5.41) is 5.84. The smallest absolute Gasteiger partial charge is 0.262 e. The molecule has 7 heteroatoms. The molecule has 3 aromatic rings. The molecule has 2 N–H and O–H groups in total. The summed E-state index contributed by atoms with van der Waals surface area (Å²) < 4.78 is 5.62. The van der Waals surface area contributed by atoms with Crippen molar-refractivity contribution in [3.63, 3.8) is 0 Å². The first kappa shape index (κ1) is 25.0. The Bertz CT molecular complexity index is 1240. The number of benzene rings is 3. The number of nitrogens with one attached hydrogen (secondary N) is 2. The monoisotopic (exact) mass is 485 g/mol. The molecule has 1 aliphatic heterocycles. The lowest BCUT2D eigenvalue weighted by Crippen LogP contribution is -2.32. The predicted octanol–water partition coefficient (Wildman–Crippen LogP) is 4.24. The average molecular weight is 486 g/mol. The molecule has 0 saturated carbocycles. The number of anilines is 2. The molecule has 0 aliphatic carbocycles. The number of rotatable bonds is 9. The number of nitrogens with zero attached hydrogens (tertiary/aromatic N) is 1. The van der Waals surface area contributed by atoms with Crippen molar-refractivity contribution in [3.8, 4) is 5.75 Å². The third kappa shape index (κ3) is 6.10. The molecule has 1 aliphatic rings. The van der Waals surface area contributed by atoms with Gasteiger partial charge in [-0.15, -0.1) is 0 Å². The summed E-state index contributed by atoms with van der Waals surface area (Å²) in [6, 6.07) is 22.6. The first-order valence-corrected chi connectivity index (χ1v) is 12.2. The number of hydrogen-bond acceptors (Lipinski definition) is 4. The number of carbonyl (C=O) groups excluding carboxylic acids is 3. The van der Waals surface area contributed by atoms with Crippen LogP contribution in [0, 0.1) is 12.8 Å². The van der Waals surface area contributed by atoms with Crippen molar-refractivity contribution in [2.45, 2.75) is 33.2 Å². The van der Waals surface area contributed by atoms with E-state index in [0.29, 0.717) is 24.5 Å². The van der Waals surface area contributed by atoms with Crippen molar-refractivity contribution in [3.05, 3.63) is 89.5 Å². The molecule has 0 bridgehead atoms. The molecular weight excluding hydrogens is 454 g/mol. The lowest BCUT2D eigenvalue weighted by molar-refractivity contribution is -0.126.